The van der Waals surface area contributed by atoms with Gasteiger partial charge in [-0.1, -0.05) is 40.5 Å². The zero-order chi connectivity index (χ0) is 15.0. The Morgan fingerprint density at radius 3 is 2.35 bits per heavy atom. The Morgan fingerprint density at radius 2 is 1.85 bits per heavy atom. The molecule has 1 rings (SSSR count). The van der Waals surface area contributed by atoms with E-state index in [0.29, 0.717) is 6.04 Å². The van der Waals surface area contributed by atoms with E-state index in [2.05, 4.69) is 55.8 Å². The molecule has 1 N–H and O–H groups in total. The van der Waals surface area contributed by atoms with Crippen molar-refractivity contribution in [2.24, 2.45) is 5.92 Å². The van der Waals surface area contributed by atoms with E-state index in [1.807, 2.05) is 0 Å². The van der Waals surface area contributed by atoms with Crippen molar-refractivity contribution in [2.45, 2.75) is 79.3 Å². The minimum atomic E-state index is 0.580. The minimum Gasteiger partial charge on any atom is -0.313 e. The van der Waals surface area contributed by atoms with Gasteiger partial charge in [-0.25, -0.2) is 0 Å². The second kappa shape index (κ2) is 9.17. The highest BCUT2D eigenvalue weighted by Gasteiger charge is 2.20. The Kier molecular flexibility index (Phi) is 7.90. The van der Waals surface area contributed by atoms with Crippen LogP contribution in [-0.2, 0) is 19.4 Å². The Balaban J connectivity index is 2.84. The lowest BCUT2D eigenvalue weighted by atomic mass is 9.90. The van der Waals surface area contributed by atoms with Crippen LogP contribution >= 0.6 is 0 Å². The Labute approximate surface area is 125 Å². The van der Waals surface area contributed by atoms with Crippen LogP contribution in [0.25, 0.3) is 0 Å². The highest BCUT2D eigenvalue weighted by Crippen LogP contribution is 2.18. The van der Waals surface area contributed by atoms with Gasteiger partial charge in [-0.2, -0.15) is 5.10 Å². The van der Waals surface area contributed by atoms with E-state index < -0.39 is 0 Å². The summed E-state index contributed by atoms with van der Waals surface area (Å²) in [7, 11) is 0. The second-order valence-corrected chi connectivity index (χ2v) is 5.64. The van der Waals surface area contributed by atoms with Gasteiger partial charge in [0.2, 0.25) is 0 Å². The van der Waals surface area contributed by atoms with Gasteiger partial charge in [0.25, 0.3) is 0 Å². The summed E-state index contributed by atoms with van der Waals surface area (Å²) in [6, 6.07) is 2.88. The third-order valence-electron chi connectivity index (χ3n) is 4.28. The molecular weight excluding hydrogens is 246 g/mol. The first-order valence-electron chi connectivity index (χ1n) is 8.48. The van der Waals surface area contributed by atoms with Gasteiger partial charge in [-0.15, -0.1) is 0 Å². The fourth-order valence-corrected chi connectivity index (χ4v) is 2.94. The number of aryl methyl sites for hydroxylation is 2. The van der Waals surface area contributed by atoms with E-state index in [1.54, 1.807) is 0 Å². The summed E-state index contributed by atoms with van der Waals surface area (Å²) in [6.07, 6.45) is 5.83. The predicted molar refractivity (Wildman–Crippen MR) is 87.1 cm³/mol. The summed E-state index contributed by atoms with van der Waals surface area (Å²) in [6.45, 7) is 13.3. The molecule has 0 aliphatic carbocycles. The van der Waals surface area contributed by atoms with Gasteiger partial charge in [-0.3, -0.25) is 4.68 Å². The number of hydrogen-bond acceptors (Lipinski definition) is 2. The van der Waals surface area contributed by atoms with E-state index in [0.717, 1.165) is 31.8 Å². The van der Waals surface area contributed by atoms with Crippen molar-refractivity contribution in [1.29, 1.82) is 0 Å². The van der Waals surface area contributed by atoms with Crippen LogP contribution < -0.4 is 5.32 Å². The maximum atomic E-state index is 4.68. The van der Waals surface area contributed by atoms with Crippen molar-refractivity contribution < 1.29 is 0 Å². The molecule has 0 saturated carbocycles. The normalized spacial score (nSPS) is 13.1. The highest BCUT2D eigenvalue weighted by molar-refractivity contribution is 5.12. The number of hydrogen-bond donors (Lipinski definition) is 1. The number of nitrogens with one attached hydrogen (secondary N) is 1. The summed E-state index contributed by atoms with van der Waals surface area (Å²) in [5, 5.41) is 8.44. The smallest absolute Gasteiger partial charge is 0.0624 e. The second-order valence-electron chi connectivity index (χ2n) is 5.64. The summed E-state index contributed by atoms with van der Waals surface area (Å²) in [4.78, 5) is 0. The van der Waals surface area contributed by atoms with Crippen LogP contribution in [0.3, 0.4) is 0 Å². The summed E-state index contributed by atoms with van der Waals surface area (Å²) < 4.78 is 2.18. The molecule has 3 nitrogen and oxygen atoms in total. The van der Waals surface area contributed by atoms with E-state index in [-0.39, 0.29) is 0 Å². The SMILES string of the molecule is CCCNC(Cc1cc(CC)nn1CC)C(CC)CC. The molecule has 0 spiro atoms. The molecule has 0 radical (unpaired) electrons. The van der Waals surface area contributed by atoms with Crippen molar-refractivity contribution in [2.75, 3.05) is 6.54 Å². The maximum absolute atomic E-state index is 4.68. The zero-order valence-corrected chi connectivity index (χ0v) is 14.1. The van der Waals surface area contributed by atoms with Crippen molar-refractivity contribution >= 4 is 0 Å². The molecule has 0 aliphatic heterocycles. The van der Waals surface area contributed by atoms with Gasteiger partial charge in [0.15, 0.2) is 0 Å². The molecule has 1 atom stereocenters. The standard InChI is InChI=1S/C17H33N3/c1-6-11-18-17(14(7-2)8-3)13-16-12-15(9-4)19-20(16)10-5/h12,14,17-18H,6-11,13H2,1-5H3. The predicted octanol–water partition coefficient (Wildman–Crippen LogP) is 3.81. The van der Waals surface area contributed by atoms with Crippen molar-refractivity contribution in [3.05, 3.63) is 17.5 Å². The fraction of sp³-hybridized carbons (Fsp3) is 0.824. The third-order valence-corrected chi connectivity index (χ3v) is 4.28. The average Bonchev–Trinajstić information content (AvgIpc) is 2.87. The largest absolute Gasteiger partial charge is 0.313 e. The molecule has 0 bridgehead atoms. The molecule has 1 unspecified atom stereocenters. The molecule has 3 heteroatoms. The van der Waals surface area contributed by atoms with Crippen LogP contribution in [0.5, 0.6) is 0 Å². The summed E-state index contributed by atoms with van der Waals surface area (Å²) in [5.74, 6) is 0.756. The lowest BCUT2D eigenvalue weighted by molar-refractivity contribution is 0.326. The highest BCUT2D eigenvalue weighted by atomic mass is 15.3. The van der Waals surface area contributed by atoms with Crippen LogP contribution in [0.4, 0.5) is 0 Å². The van der Waals surface area contributed by atoms with Gasteiger partial charge >= 0.3 is 0 Å². The monoisotopic (exact) mass is 279 g/mol. The first-order chi connectivity index (χ1) is 9.69. The molecule has 0 saturated heterocycles. The topological polar surface area (TPSA) is 29.9 Å². The molecule has 1 aromatic rings. The molecule has 1 aromatic heterocycles. The number of aromatic nitrogens is 2. The Bertz CT molecular complexity index is 366. The summed E-state index contributed by atoms with van der Waals surface area (Å²) >= 11 is 0. The quantitative estimate of drug-likeness (QED) is 0.706. The molecule has 0 aliphatic rings. The van der Waals surface area contributed by atoms with Crippen molar-refractivity contribution in [3.8, 4) is 0 Å². The van der Waals surface area contributed by atoms with Gasteiger partial charge in [-0.05, 0) is 38.3 Å². The molecular formula is C17H33N3. The van der Waals surface area contributed by atoms with Gasteiger partial charge in [0.1, 0.15) is 0 Å². The minimum absolute atomic E-state index is 0.580. The zero-order valence-electron chi connectivity index (χ0n) is 14.1. The van der Waals surface area contributed by atoms with Crippen molar-refractivity contribution in [3.63, 3.8) is 0 Å². The van der Waals surface area contributed by atoms with E-state index in [9.17, 15) is 0 Å². The van der Waals surface area contributed by atoms with Gasteiger partial charge in [0.05, 0.1) is 5.69 Å². The lowest BCUT2D eigenvalue weighted by Crippen LogP contribution is -2.38. The van der Waals surface area contributed by atoms with Gasteiger partial charge < -0.3 is 5.32 Å². The van der Waals surface area contributed by atoms with E-state index in [1.165, 1.54) is 30.7 Å². The van der Waals surface area contributed by atoms with Gasteiger partial charge in [0, 0.05) is 24.7 Å². The first kappa shape index (κ1) is 17.2. The molecule has 0 aromatic carbocycles. The van der Waals surface area contributed by atoms with Crippen LogP contribution in [-0.4, -0.2) is 22.4 Å². The summed E-state index contributed by atoms with van der Waals surface area (Å²) in [5.41, 5.74) is 2.62. The van der Waals surface area contributed by atoms with Crippen LogP contribution in [0.15, 0.2) is 6.07 Å². The maximum Gasteiger partial charge on any atom is 0.0624 e. The lowest BCUT2D eigenvalue weighted by Gasteiger charge is -2.26. The van der Waals surface area contributed by atoms with Crippen LogP contribution in [0.2, 0.25) is 0 Å². The Morgan fingerprint density at radius 1 is 1.15 bits per heavy atom. The van der Waals surface area contributed by atoms with Crippen LogP contribution in [0, 0.1) is 5.92 Å². The molecule has 1 heterocycles. The molecule has 0 fully saturated rings. The number of nitrogens with zero attached hydrogens (tertiary/aromatic N) is 2. The van der Waals surface area contributed by atoms with E-state index in [4.69, 9.17) is 0 Å². The molecule has 0 amide bonds. The van der Waals surface area contributed by atoms with Crippen LogP contribution in [0.1, 0.15) is 65.3 Å². The number of rotatable bonds is 10. The molecule has 116 valence electrons. The Hall–Kier alpha value is -0.830. The first-order valence-corrected chi connectivity index (χ1v) is 8.48. The average molecular weight is 279 g/mol. The third kappa shape index (κ3) is 4.62. The fourth-order valence-electron chi connectivity index (χ4n) is 2.94. The molecule has 20 heavy (non-hydrogen) atoms. The van der Waals surface area contributed by atoms with E-state index >= 15 is 0 Å². The van der Waals surface area contributed by atoms with Crippen molar-refractivity contribution in [1.82, 2.24) is 15.1 Å².